The molecule has 17 heavy (non-hydrogen) atoms. The van der Waals surface area contributed by atoms with E-state index in [4.69, 9.17) is 23.2 Å². The van der Waals surface area contributed by atoms with Crippen LogP contribution in [0.4, 0.5) is 0 Å². The molecule has 0 aliphatic heterocycles. The molecule has 0 spiro atoms. The highest BCUT2D eigenvalue weighted by atomic mass is 35.5. The molecule has 1 aliphatic carbocycles. The monoisotopic (exact) mass is 271 g/mol. The first-order valence-electron chi connectivity index (χ1n) is 6.30. The first-order chi connectivity index (χ1) is 8.15. The van der Waals surface area contributed by atoms with Crippen LogP contribution in [0.2, 0.25) is 10.0 Å². The van der Waals surface area contributed by atoms with Gasteiger partial charge in [0.2, 0.25) is 0 Å². The van der Waals surface area contributed by atoms with Crippen LogP contribution in [0.1, 0.15) is 31.7 Å². The van der Waals surface area contributed by atoms with Crippen molar-refractivity contribution in [2.24, 2.45) is 11.8 Å². The SMILES string of the molecule is CC1CCC(CNCc2ccc(Cl)c(Cl)c2)C1. The van der Waals surface area contributed by atoms with Gasteiger partial charge in [0.25, 0.3) is 0 Å². The zero-order valence-electron chi connectivity index (χ0n) is 10.2. The van der Waals surface area contributed by atoms with Gasteiger partial charge in [0.1, 0.15) is 0 Å². The van der Waals surface area contributed by atoms with Crippen LogP contribution in [0.15, 0.2) is 18.2 Å². The first kappa shape index (κ1) is 13.2. The molecule has 0 saturated heterocycles. The van der Waals surface area contributed by atoms with E-state index in [0.29, 0.717) is 10.0 Å². The van der Waals surface area contributed by atoms with Gasteiger partial charge in [0.05, 0.1) is 10.0 Å². The lowest BCUT2D eigenvalue weighted by atomic mass is 10.1. The molecule has 1 aliphatic rings. The molecule has 1 saturated carbocycles. The van der Waals surface area contributed by atoms with E-state index >= 15 is 0 Å². The highest BCUT2D eigenvalue weighted by Crippen LogP contribution is 2.29. The third kappa shape index (κ3) is 3.87. The number of halogens is 2. The van der Waals surface area contributed by atoms with Gasteiger partial charge in [-0.15, -0.1) is 0 Å². The summed E-state index contributed by atoms with van der Waals surface area (Å²) in [4.78, 5) is 0. The van der Waals surface area contributed by atoms with Crippen LogP contribution < -0.4 is 5.32 Å². The van der Waals surface area contributed by atoms with E-state index in [1.807, 2.05) is 18.2 Å². The van der Waals surface area contributed by atoms with Gasteiger partial charge in [0.15, 0.2) is 0 Å². The quantitative estimate of drug-likeness (QED) is 0.849. The topological polar surface area (TPSA) is 12.0 Å². The lowest BCUT2D eigenvalue weighted by Gasteiger charge is -2.11. The Labute approximate surface area is 114 Å². The van der Waals surface area contributed by atoms with Crippen molar-refractivity contribution < 1.29 is 0 Å². The molecule has 2 rings (SSSR count). The summed E-state index contributed by atoms with van der Waals surface area (Å²) in [6.07, 6.45) is 4.13. The Morgan fingerprint density at radius 1 is 1.24 bits per heavy atom. The number of benzene rings is 1. The van der Waals surface area contributed by atoms with E-state index in [-0.39, 0.29) is 0 Å². The normalized spacial score (nSPS) is 24.2. The molecule has 2 atom stereocenters. The van der Waals surface area contributed by atoms with Crippen LogP contribution >= 0.6 is 23.2 Å². The molecule has 2 unspecified atom stereocenters. The minimum atomic E-state index is 0.625. The molecule has 94 valence electrons. The van der Waals surface area contributed by atoms with E-state index in [9.17, 15) is 0 Å². The number of nitrogens with one attached hydrogen (secondary N) is 1. The van der Waals surface area contributed by atoms with E-state index in [1.165, 1.54) is 24.8 Å². The Balaban J connectivity index is 1.76. The van der Waals surface area contributed by atoms with Gasteiger partial charge < -0.3 is 5.32 Å². The zero-order chi connectivity index (χ0) is 12.3. The summed E-state index contributed by atoms with van der Waals surface area (Å²) in [6.45, 7) is 4.34. The summed E-state index contributed by atoms with van der Waals surface area (Å²) < 4.78 is 0. The van der Waals surface area contributed by atoms with Crippen molar-refractivity contribution in [2.45, 2.75) is 32.7 Å². The van der Waals surface area contributed by atoms with Gasteiger partial charge in [-0.05, 0) is 48.9 Å². The summed E-state index contributed by atoms with van der Waals surface area (Å²) in [7, 11) is 0. The van der Waals surface area contributed by atoms with Crippen LogP contribution in [0.5, 0.6) is 0 Å². The maximum Gasteiger partial charge on any atom is 0.0595 e. The van der Waals surface area contributed by atoms with Crippen LogP contribution in [0.25, 0.3) is 0 Å². The van der Waals surface area contributed by atoms with Crippen molar-refractivity contribution in [3.8, 4) is 0 Å². The van der Waals surface area contributed by atoms with Crippen molar-refractivity contribution in [1.82, 2.24) is 5.32 Å². The molecule has 0 bridgehead atoms. The molecule has 1 fully saturated rings. The Hall–Kier alpha value is -0.240. The lowest BCUT2D eigenvalue weighted by Crippen LogP contribution is -2.20. The van der Waals surface area contributed by atoms with Crippen molar-refractivity contribution in [1.29, 1.82) is 0 Å². The van der Waals surface area contributed by atoms with E-state index < -0.39 is 0 Å². The molecule has 1 aromatic rings. The standard InChI is InChI=1S/C14H19Cl2N/c1-10-2-3-11(6-10)8-17-9-12-4-5-13(15)14(16)7-12/h4-5,7,10-11,17H,2-3,6,8-9H2,1H3. The van der Waals surface area contributed by atoms with Crippen LogP contribution in [0.3, 0.4) is 0 Å². The summed E-state index contributed by atoms with van der Waals surface area (Å²) in [5.41, 5.74) is 1.20. The highest BCUT2D eigenvalue weighted by Gasteiger charge is 2.20. The molecule has 1 aromatic carbocycles. The fraction of sp³-hybridized carbons (Fsp3) is 0.571. The minimum absolute atomic E-state index is 0.625. The predicted octanol–water partition coefficient (Wildman–Crippen LogP) is 4.52. The van der Waals surface area contributed by atoms with Crippen molar-refractivity contribution in [3.05, 3.63) is 33.8 Å². The van der Waals surface area contributed by atoms with Gasteiger partial charge in [-0.3, -0.25) is 0 Å². The smallest absolute Gasteiger partial charge is 0.0595 e. The summed E-state index contributed by atoms with van der Waals surface area (Å²) >= 11 is 11.9. The van der Waals surface area contributed by atoms with Crippen molar-refractivity contribution >= 4 is 23.2 Å². The third-order valence-corrected chi connectivity index (χ3v) is 4.29. The molecule has 0 radical (unpaired) electrons. The molecule has 0 aromatic heterocycles. The van der Waals surface area contributed by atoms with Gasteiger partial charge >= 0.3 is 0 Å². The maximum atomic E-state index is 5.98. The van der Waals surface area contributed by atoms with Gasteiger partial charge in [-0.2, -0.15) is 0 Å². The number of hydrogen-bond acceptors (Lipinski definition) is 1. The fourth-order valence-electron chi connectivity index (χ4n) is 2.58. The Morgan fingerprint density at radius 2 is 2.06 bits per heavy atom. The second kappa shape index (κ2) is 6.08. The number of hydrogen-bond donors (Lipinski definition) is 1. The Morgan fingerprint density at radius 3 is 2.71 bits per heavy atom. The average Bonchev–Trinajstić information content (AvgIpc) is 2.70. The molecule has 1 N–H and O–H groups in total. The third-order valence-electron chi connectivity index (χ3n) is 3.55. The van der Waals surface area contributed by atoms with Gasteiger partial charge in [-0.25, -0.2) is 0 Å². The second-order valence-corrected chi connectivity index (χ2v) is 5.98. The first-order valence-corrected chi connectivity index (χ1v) is 7.05. The summed E-state index contributed by atoms with van der Waals surface area (Å²) in [6, 6.07) is 5.82. The molecular weight excluding hydrogens is 253 g/mol. The highest BCUT2D eigenvalue weighted by molar-refractivity contribution is 6.42. The zero-order valence-corrected chi connectivity index (χ0v) is 11.7. The second-order valence-electron chi connectivity index (χ2n) is 5.16. The van der Waals surface area contributed by atoms with E-state index in [2.05, 4.69) is 12.2 Å². The maximum absolute atomic E-state index is 5.98. The van der Waals surface area contributed by atoms with Crippen LogP contribution in [0, 0.1) is 11.8 Å². The van der Waals surface area contributed by atoms with E-state index in [0.717, 1.165) is 24.9 Å². The van der Waals surface area contributed by atoms with Gasteiger partial charge in [-0.1, -0.05) is 42.6 Å². The lowest BCUT2D eigenvalue weighted by molar-refractivity contribution is 0.470. The Bertz CT molecular complexity index is 378. The molecule has 3 heteroatoms. The minimum Gasteiger partial charge on any atom is -0.312 e. The van der Waals surface area contributed by atoms with Crippen LogP contribution in [-0.2, 0) is 6.54 Å². The Kier molecular flexibility index (Phi) is 4.72. The van der Waals surface area contributed by atoms with E-state index in [1.54, 1.807) is 0 Å². The fourth-order valence-corrected chi connectivity index (χ4v) is 2.90. The number of rotatable bonds is 4. The molecule has 1 nitrogen and oxygen atoms in total. The summed E-state index contributed by atoms with van der Waals surface area (Å²) in [5, 5.41) is 4.77. The van der Waals surface area contributed by atoms with Gasteiger partial charge in [0, 0.05) is 6.54 Å². The predicted molar refractivity (Wildman–Crippen MR) is 74.7 cm³/mol. The average molecular weight is 272 g/mol. The van der Waals surface area contributed by atoms with Crippen LogP contribution in [-0.4, -0.2) is 6.54 Å². The van der Waals surface area contributed by atoms with Crippen molar-refractivity contribution in [2.75, 3.05) is 6.54 Å². The largest absolute Gasteiger partial charge is 0.312 e. The van der Waals surface area contributed by atoms with Crippen molar-refractivity contribution in [3.63, 3.8) is 0 Å². The molecule has 0 amide bonds. The molecule has 0 heterocycles. The summed E-state index contributed by atoms with van der Waals surface area (Å²) in [5.74, 6) is 1.76. The molecular formula is C14H19Cl2N.